The van der Waals surface area contributed by atoms with Crippen molar-refractivity contribution in [1.82, 2.24) is 0 Å². The van der Waals surface area contributed by atoms with Gasteiger partial charge in [-0.1, -0.05) is 15.9 Å². The highest BCUT2D eigenvalue weighted by atomic mass is 79.9. The maximum Gasteiger partial charge on any atom is 0.261 e. The molecule has 3 nitrogen and oxygen atoms in total. The first-order valence-electron chi connectivity index (χ1n) is 3.52. The van der Waals surface area contributed by atoms with Crippen LogP contribution in [0.25, 0.3) is 0 Å². The topological polar surface area (TPSA) is 57.9 Å². The van der Waals surface area contributed by atoms with Gasteiger partial charge in [0, 0.05) is 16.0 Å². The number of hydrogen-bond acceptors (Lipinski definition) is 3. The number of nitrogens with zero attached hydrogens (tertiary/aromatic N) is 1. The second-order valence-corrected chi connectivity index (χ2v) is 5.68. The number of nitriles is 1. The molecule has 0 saturated carbocycles. The zero-order valence-electron chi connectivity index (χ0n) is 6.87. The second-order valence-electron chi connectivity index (χ2n) is 2.55. The predicted molar refractivity (Wildman–Crippen MR) is 56.8 cm³/mol. The molecule has 0 atom stereocenters. The zero-order valence-corrected chi connectivity index (χ0v) is 10.0. The van der Waals surface area contributed by atoms with E-state index in [9.17, 15) is 8.42 Å². The van der Waals surface area contributed by atoms with E-state index in [0.29, 0.717) is 10.9 Å². The van der Waals surface area contributed by atoms with Gasteiger partial charge in [-0.15, -0.1) is 0 Å². The first-order valence-corrected chi connectivity index (χ1v) is 6.95. The fourth-order valence-electron chi connectivity index (χ4n) is 0.943. The summed E-state index contributed by atoms with van der Waals surface area (Å²) in [6.07, 6.45) is 0. The molecule has 0 spiro atoms. The average molecular weight is 295 g/mol. The van der Waals surface area contributed by atoms with E-state index < -0.39 is 9.05 Å². The molecule has 0 bridgehead atoms. The highest BCUT2D eigenvalue weighted by Crippen LogP contribution is 2.20. The minimum absolute atomic E-state index is 0.0485. The lowest BCUT2D eigenvalue weighted by atomic mass is 10.2. The van der Waals surface area contributed by atoms with Crippen LogP contribution in [-0.2, 0) is 14.4 Å². The van der Waals surface area contributed by atoms with E-state index in [1.165, 1.54) is 12.1 Å². The van der Waals surface area contributed by atoms with Crippen molar-refractivity contribution in [3.8, 4) is 6.07 Å². The number of alkyl halides is 1. The lowest BCUT2D eigenvalue weighted by Gasteiger charge is -2.00. The van der Waals surface area contributed by atoms with Gasteiger partial charge < -0.3 is 0 Å². The molecule has 0 radical (unpaired) electrons. The van der Waals surface area contributed by atoms with Crippen LogP contribution in [0.4, 0.5) is 0 Å². The van der Waals surface area contributed by atoms with Crippen molar-refractivity contribution in [1.29, 1.82) is 5.26 Å². The quantitative estimate of drug-likeness (QED) is 0.621. The van der Waals surface area contributed by atoms with Crippen molar-refractivity contribution in [3.63, 3.8) is 0 Å². The summed E-state index contributed by atoms with van der Waals surface area (Å²) in [5.41, 5.74) is 0.976. The van der Waals surface area contributed by atoms with Crippen molar-refractivity contribution >= 4 is 35.7 Å². The van der Waals surface area contributed by atoms with Crippen molar-refractivity contribution in [2.24, 2.45) is 0 Å². The SMILES string of the molecule is N#Cc1cc(CBr)cc(S(=O)(=O)Cl)c1. The summed E-state index contributed by atoms with van der Waals surface area (Å²) in [6.45, 7) is 0. The van der Waals surface area contributed by atoms with Crippen LogP contribution >= 0.6 is 26.6 Å². The smallest absolute Gasteiger partial charge is 0.207 e. The normalized spacial score (nSPS) is 10.9. The third kappa shape index (κ3) is 2.71. The van der Waals surface area contributed by atoms with Crippen LogP contribution in [0.3, 0.4) is 0 Å². The molecule has 1 aromatic carbocycles. The summed E-state index contributed by atoms with van der Waals surface area (Å²) < 4.78 is 22.0. The molecule has 74 valence electrons. The van der Waals surface area contributed by atoms with Gasteiger partial charge in [0.25, 0.3) is 9.05 Å². The van der Waals surface area contributed by atoms with Gasteiger partial charge in [-0.3, -0.25) is 0 Å². The van der Waals surface area contributed by atoms with Crippen LogP contribution in [0.15, 0.2) is 23.1 Å². The van der Waals surface area contributed by atoms with Gasteiger partial charge in [0.2, 0.25) is 0 Å². The number of halogens is 2. The second kappa shape index (κ2) is 4.30. The van der Waals surface area contributed by atoms with Crippen molar-refractivity contribution in [2.75, 3.05) is 0 Å². The molecule has 0 N–H and O–H groups in total. The number of hydrogen-bond donors (Lipinski definition) is 0. The van der Waals surface area contributed by atoms with Gasteiger partial charge in [-0.2, -0.15) is 5.26 Å². The van der Waals surface area contributed by atoms with E-state index >= 15 is 0 Å². The fraction of sp³-hybridized carbons (Fsp3) is 0.125. The van der Waals surface area contributed by atoms with Crippen LogP contribution in [0, 0.1) is 11.3 Å². The molecular formula is C8H5BrClNO2S. The van der Waals surface area contributed by atoms with Crippen LogP contribution < -0.4 is 0 Å². The van der Waals surface area contributed by atoms with E-state index in [1.807, 2.05) is 6.07 Å². The lowest BCUT2D eigenvalue weighted by Crippen LogP contribution is -1.93. The molecule has 0 aliphatic carbocycles. The number of rotatable bonds is 2. The van der Waals surface area contributed by atoms with Gasteiger partial charge in [0.1, 0.15) is 0 Å². The maximum atomic E-state index is 11.0. The highest BCUT2D eigenvalue weighted by molar-refractivity contribution is 9.08. The molecule has 0 aliphatic rings. The Kier molecular flexibility index (Phi) is 3.53. The minimum atomic E-state index is -3.77. The Balaban J connectivity index is 3.41. The first kappa shape index (κ1) is 11.5. The summed E-state index contributed by atoms with van der Waals surface area (Å²) in [6, 6.07) is 6.14. The minimum Gasteiger partial charge on any atom is -0.207 e. The van der Waals surface area contributed by atoms with Gasteiger partial charge in [-0.25, -0.2) is 8.42 Å². The maximum absolute atomic E-state index is 11.0. The molecule has 0 saturated heterocycles. The Labute approximate surface area is 94.9 Å². The van der Waals surface area contributed by atoms with E-state index in [1.54, 1.807) is 6.07 Å². The van der Waals surface area contributed by atoms with Crippen LogP contribution in [-0.4, -0.2) is 8.42 Å². The molecule has 6 heteroatoms. The van der Waals surface area contributed by atoms with E-state index in [0.717, 1.165) is 0 Å². The molecule has 0 aromatic heterocycles. The third-order valence-electron chi connectivity index (χ3n) is 1.53. The van der Waals surface area contributed by atoms with Crippen LogP contribution in [0.2, 0.25) is 0 Å². The molecule has 0 unspecified atom stereocenters. The molecule has 0 amide bonds. The average Bonchev–Trinajstić information content (AvgIpc) is 2.15. The van der Waals surface area contributed by atoms with E-state index in [-0.39, 0.29) is 10.5 Å². The van der Waals surface area contributed by atoms with Crippen LogP contribution in [0.1, 0.15) is 11.1 Å². The zero-order chi connectivity index (χ0) is 10.8. The standard InChI is InChI=1S/C8H5BrClNO2S/c9-4-6-1-7(5-11)3-8(2-6)14(10,12)13/h1-3H,4H2. The van der Waals surface area contributed by atoms with Crippen molar-refractivity contribution < 1.29 is 8.42 Å². The van der Waals surface area contributed by atoms with Gasteiger partial charge in [-0.05, 0) is 23.8 Å². The molecule has 0 aliphatic heterocycles. The summed E-state index contributed by atoms with van der Waals surface area (Å²) in [4.78, 5) is -0.0485. The van der Waals surface area contributed by atoms with E-state index in [4.69, 9.17) is 15.9 Å². The van der Waals surface area contributed by atoms with Gasteiger partial charge in [0.05, 0.1) is 16.5 Å². The van der Waals surface area contributed by atoms with Gasteiger partial charge >= 0.3 is 0 Å². The molecule has 0 fully saturated rings. The number of benzene rings is 1. The molecule has 0 heterocycles. The molecular weight excluding hydrogens is 290 g/mol. The highest BCUT2D eigenvalue weighted by Gasteiger charge is 2.11. The largest absolute Gasteiger partial charge is 0.261 e. The molecule has 1 rings (SSSR count). The monoisotopic (exact) mass is 293 g/mol. The fourth-order valence-corrected chi connectivity index (χ4v) is 2.09. The predicted octanol–water partition coefficient (Wildman–Crippen LogP) is 2.38. The first-order chi connectivity index (χ1) is 6.47. The summed E-state index contributed by atoms with van der Waals surface area (Å²) in [5, 5.41) is 9.12. The Hall–Kier alpha value is -0.570. The lowest BCUT2D eigenvalue weighted by molar-refractivity contribution is 0.609. The Morgan fingerprint density at radius 3 is 2.50 bits per heavy atom. The van der Waals surface area contributed by atoms with E-state index in [2.05, 4.69) is 15.9 Å². The summed E-state index contributed by atoms with van der Waals surface area (Å²) in [7, 11) is 1.40. The molecule has 14 heavy (non-hydrogen) atoms. The Morgan fingerprint density at radius 1 is 1.43 bits per heavy atom. The third-order valence-corrected chi connectivity index (χ3v) is 3.51. The summed E-state index contributed by atoms with van der Waals surface area (Å²) in [5.74, 6) is 0. The Morgan fingerprint density at radius 2 is 2.07 bits per heavy atom. The summed E-state index contributed by atoms with van der Waals surface area (Å²) >= 11 is 3.17. The van der Waals surface area contributed by atoms with Crippen molar-refractivity contribution in [2.45, 2.75) is 10.2 Å². The Bertz CT molecular complexity index is 493. The van der Waals surface area contributed by atoms with Crippen molar-refractivity contribution in [3.05, 3.63) is 29.3 Å². The molecule has 1 aromatic rings. The van der Waals surface area contributed by atoms with Gasteiger partial charge in [0.15, 0.2) is 0 Å². The van der Waals surface area contributed by atoms with Crippen LogP contribution in [0.5, 0.6) is 0 Å².